The van der Waals surface area contributed by atoms with Gasteiger partial charge in [-0.05, 0) is 31.4 Å². The molecule has 2 atom stereocenters. The quantitative estimate of drug-likeness (QED) is 0.809. The monoisotopic (exact) mass is 298 g/mol. The second kappa shape index (κ2) is 6.32. The normalized spacial score (nSPS) is 22.8. The summed E-state index contributed by atoms with van der Waals surface area (Å²) in [5.74, 6) is -1.31. The largest absolute Gasteiger partial charge is 0.481 e. The van der Waals surface area contributed by atoms with Crippen LogP contribution < -0.4 is 4.72 Å². The van der Waals surface area contributed by atoms with E-state index in [-0.39, 0.29) is 11.8 Å². The zero-order valence-corrected chi connectivity index (χ0v) is 11.8. The Bertz CT molecular complexity index is 559. The summed E-state index contributed by atoms with van der Waals surface area (Å²) in [7, 11) is -3.40. The number of sulfonamides is 1. The maximum atomic E-state index is 12.0. The van der Waals surface area contributed by atoms with Crippen molar-refractivity contribution in [1.82, 2.24) is 9.71 Å². The molecule has 0 amide bonds. The second-order valence-corrected chi connectivity index (χ2v) is 6.93. The molecule has 2 rings (SSSR count). The fourth-order valence-electron chi connectivity index (χ4n) is 2.41. The van der Waals surface area contributed by atoms with Crippen LogP contribution in [0.15, 0.2) is 24.4 Å². The van der Waals surface area contributed by atoms with E-state index in [2.05, 4.69) is 9.71 Å². The van der Waals surface area contributed by atoms with Gasteiger partial charge in [0, 0.05) is 24.4 Å². The van der Waals surface area contributed by atoms with Crippen LogP contribution in [0.25, 0.3) is 0 Å². The Kier molecular flexibility index (Phi) is 4.72. The molecule has 0 bridgehead atoms. The lowest BCUT2D eigenvalue weighted by Gasteiger charge is -2.12. The number of rotatable bonds is 6. The lowest BCUT2D eigenvalue weighted by atomic mass is 10.1. The van der Waals surface area contributed by atoms with Crippen LogP contribution in [-0.4, -0.2) is 36.3 Å². The topological polar surface area (TPSA) is 96.4 Å². The fourth-order valence-corrected chi connectivity index (χ4v) is 3.73. The maximum Gasteiger partial charge on any atom is 0.306 e. The summed E-state index contributed by atoms with van der Waals surface area (Å²) in [6.07, 6.45) is 3.47. The SMILES string of the molecule is O=C(O)[C@@H]1CC[C@H](NS(=O)(=O)CCc2ccccn2)C1. The average molecular weight is 298 g/mol. The lowest BCUT2D eigenvalue weighted by molar-refractivity contribution is -0.141. The van der Waals surface area contributed by atoms with Gasteiger partial charge in [-0.1, -0.05) is 6.07 Å². The van der Waals surface area contributed by atoms with Crippen molar-refractivity contribution in [3.8, 4) is 0 Å². The van der Waals surface area contributed by atoms with Crippen molar-refractivity contribution in [2.24, 2.45) is 5.92 Å². The first-order valence-electron chi connectivity index (χ1n) is 6.59. The first-order chi connectivity index (χ1) is 9.46. The Hall–Kier alpha value is -1.47. The van der Waals surface area contributed by atoms with Crippen molar-refractivity contribution in [2.45, 2.75) is 31.7 Å². The predicted octanol–water partition coefficient (Wildman–Crippen LogP) is 0.797. The van der Waals surface area contributed by atoms with Crippen LogP contribution in [-0.2, 0) is 21.2 Å². The standard InChI is InChI=1S/C13H18N2O4S/c16-13(17)10-4-5-12(9-10)15-20(18,19)8-6-11-3-1-2-7-14-11/h1-3,7,10,12,15H,4-6,8-9H2,(H,16,17)/t10-,12+/m1/s1. The maximum absolute atomic E-state index is 12.0. The summed E-state index contributed by atoms with van der Waals surface area (Å²) in [5.41, 5.74) is 0.729. The van der Waals surface area contributed by atoms with Crippen LogP contribution in [0, 0.1) is 5.92 Å². The number of aliphatic carboxylic acids is 1. The smallest absolute Gasteiger partial charge is 0.306 e. The summed E-state index contributed by atoms with van der Waals surface area (Å²) in [4.78, 5) is 14.9. The minimum Gasteiger partial charge on any atom is -0.481 e. The molecule has 1 saturated carbocycles. The Morgan fingerprint density at radius 3 is 2.80 bits per heavy atom. The van der Waals surface area contributed by atoms with E-state index in [4.69, 9.17) is 5.11 Å². The molecule has 1 aromatic rings. The fraction of sp³-hybridized carbons (Fsp3) is 0.538. The average Bonchev–Trinajstić information content (AvgIpc) is 2.86. The lowest BCUT2D eigenvalue weighted by Crippen LogP contribution is -2.35. The molecule has 7 heteroatoms. The number of nitrogens with zero attached hydrogens (tertiary/aromatic N) is 1. The van der Waals surface area contributed by atoms with E-state index in [9.17, 15) is 13.2 Å². The van der Waals surface area contributed by atoms with Crippen LogP contribution in [0.4, 0.5) is 0 Å². The van der Waals surface area contributed by atoms with Crippen LogP contribution >= 0.6 is 0 Å². The summed E-state index contributed by atoms with van der Waals surface area (Å²) < 4.78 is 26.5. The van der Waals surface area contributed by atoms with Gasteiger partial charge in [-0.3, -0.25) is 9.78 Å². The van der Waals surface area contributed by atoms with E-state index in [0.29, 0.717) is 25.7 Å². The van der Waals surface area contributed by atoms with Gasteiger partial charge in [0.1, 0.15) is 0 Å². The van der Waals surface area contributed by atoms with Crippen LogP contribution in [0.3, 0.4) is 0 Å². The first kappa shape index (κ1) is 14.9. The van der Waals surface area contributed by atoms with Gasteiger partial charge in [-0.2, -0.15) is 0 Å². The van der Waals surface area contributed by atoms with E-state index < -0.39 is 21.9 Å². The number of nitrogens with one attached hydrogen (secondary N) is 1. The Morgan fingerprint density at radius 2 is 2.20 bits per heavy atom. The van der Waals surface area contributed by atoms with Crippen LogP contribution in [0.1, 0.15) is 25.0 Å². The molecule has 110 valence electrons. The van der Waals surface area contributed by atoms with Crippen molar-refractivity contribution in [1.29, 1.82) is 0 Å². The number of carbonyl (C=O) groups is 1. The number of hydrogen-bond acceptors (Lipinski definition) is 4. The Morgan fingerprint density at radius 1 is 1.40 bits per heavy atom. The molecular formula is C13H18N2O4S. The summed E-state index contributed by atoms with van der Waals surface area (Å²) in [6, 6.07) is 5.12. The highest BCUT2D eigenvalue weighted by atomic mass is 32.2. The predicted molar refractivity (Wildman–Crippen MR) is 73.6 cm³/mol. The van der Waals surface area contributed by atoms with Gasteiger partial charge in [0.2, 0.25) is 10.0 Å². The van der Waals surface area contributed by atoms with Crippen molar-refractivity contribution < 1.29 is 18.3 Å². The third-order valence-corrected chi connectivity index (χ3v) is 4.92. The molecule has 1 aliphatic rings. The van der Waals surface area contributed by atoms with Gasteiger partial charge >= 0.3 is 5.97 Å². The van der Waals surface area contributed by atoms with E-state index >= 15 is 0 Å². The molecule has 20 heavy (non-hydrogen) atoms. The molecule has 0 spiro atoms. The zero-order chi connectivity index (χ0) is 14.6. The van der Waals surface area contributed by atoms with Crippen LogP contribution in [0.5, 0.6) is 0 Å². The molecule has 1 heterocycles. The number of carboxylic acid groups (broad SMARTS) is 1. The zero-order valence-electron chi connectivity index (χ0n) is 11.0. The summed E-state index contributed by atoms with van der Waals surface area (Å²) in [5, 5.41) is 8.90. The first-order valence-corrected chi connectivity index (χ1v) is 8.24. The van der Waals surface area contributed by atoms with E-state index in [0.717, 1.165) is 5.69 Å². The molecule has 0 aliphatic heterocycles. The van der Waals surface area contributed by atoms with Crippen molar-refractivity contribution in [2.75, 3.05) is 5.75 Å². The summed E-state index contributed by atoms with van der Waals surface area (Å²) >= 11 is 0. The highest BCUT2D eigenvalue weighted by Crippen LogP contribution is 2.26. The van der Waals surface area contributed by atoms with E-state index in [1.165, 1.54) is 0 Å². The Balaban J connectivity index is 1.84. The van der Waals surface area contributed by atoms with E-state index in [1.54, 1.807) is 18.3 Å². The third kappa shape index (κ3) is 4.28. The number of aromatic nitrogens is 1. The van der Waals surface area contributed by atoms with Crippen molar-refractivity contribution >= 4 is 16.0 Å². The van der Waals surface area contributed by atoms with Gasteiger partial charge in [0.15, 0.2) is 0 Å². The number of carboxylic acids is 1. The number of aryl methyl sites for hydroxylation is 1. The second-order valence-electron chi connectivity index (χ2n) is 5.05. The number of pyridine rings is 1. The molecule has 0 saturated heterocycles. The van der Waals surface area contributed by atoms with Gasteiger partial charge in [0.25, 0.3) is 0 Å². The molecule has 2 N–H and O–H groups in total. The van der Waals surface area contributed by atoms with Gasteiger partial charge < -0.3 is 5.11 Å². The van der Waals surface area contributed by atoms with Crippen molar-refractivity contribution in [3.05, 3.63) is 30.1 Å². The van der Waals surface area contributed by atoms with Crippen LogP contribution in [0.2, 0.25) is 0 Å². The molecular weight excluding hydrogens is 280 g/mol. The molecule has 0 radical (unpaired) electrons. The molecule has 1 aliphatic carbocycles. The minimum absolute atomic E-state index is 0.0295. The van der Waals surface area contributed by atoms with Crippen molar-refractivity contribution in [3.63, 3.8) is 0 Å². The molecule has 1 fully saturated rings. The summed E-state index contributed by atoms with van der Waals surface area (Å²) in [6.45, 7) is 0. The Labute approximate surface area is 118 Å². The van der Waals surface area contributed by atoms with Gasteiger partial charge in [-0.25, -0.2) is 13.1 Å². The molecule has 1 aromatic heterocycles. The minimum atomic E-state index is -3.40. The highest BCUT2D eigenvalue weighted by molar-refractivity contribution is 7.89. The van der Waals surface area contributed by atoms with Gasteiger partial charge in [0.05, 0.1) is 11.7 Å². The number of hydrogen-bond donors (Lipinski definition) is 2. The van der Waals surface area contributed by atoms with E-state index in [1.807, 2.05) is 6.07 Å². The van der Waals surface area contributed by atoms with Gasteiger partial charge in [-0.15, -0.1) is 0 Å². The molecule has 0 unspecified atom stereocenters. The third-order valence-electron chi connectivity index (χ3n) is 3.48. The molecule has 0 aromatic carbocycles. The highest BCUT2D eigenvalue weighted by Gasteiger charge is 2.31. The molecule has 6 nitrogen and oxygen atoms in total.